The summed E-state index contributed by atoms with van der Waals surface area (Å²) in [5.41, 5.74) is 3.08. The highest BCUT2D eigenvalue weighted by atomic mass is 16.3. The third kappa shape index (κ3) is 3.16. The molecule has 2 rings (SSSR count). The Hall–Kier alpha value is -1.77. The van der Waals surface area contributed by atoms with E-state index in [1.54, 1.807) is 6.26 Å². The van der Waals surface area contributed by atoms with Crippen LogP contribution in [0.15, 0.2) is 28.9 Å². The Bertz CT molecular complexity index is 571. The van der Waals surface area contributed by atoms with Crippen molar-refractivity contribution in [1.29, 1.82) is 0 Å². The van der Waals surface area contributed by atoms with Gasteiger partial charge in [-0.15, -0.1) is 0 Å². The normalized spacial score (nSPS) is 12.6. The van der Waals surface area contributed by atoms with Crippen LogP contribution in [0.1, 0.15) is 38.3 Å². The van der Waals surface area contributed by atoms with Crippen molar-refractivity contribution in [3.63, 3.8) is 0 Å². The number of hydrogen-bond acceptors (Lipinski definition) is 2. The molecule has 1 amide bonds. The number of amides is 1. The third-order valence-corrected chi connectivity index (χ3v) is 3.50. The summed E-state index contributed by atoms with van der Waals surface area (Å²) >= 11 is 0. The molecule has 0 fully saturated rings. The number of carbonyl (C=O) groups is 1. The molecule has 0 saturated carbocycles. The van der Waals surface area contributed by atoms with E-state index in [0.717, 1.165) is 29.4 Å². The lowest BCUT2D eigenvalue weighted by Crippen LogP contribution is -2.33. The largest absolute Gasteiger partial charge is 0.464 e. The lowest BCUT2D eigenvalue weighted by Gasteiger charge is -2.10. The maximum atomic E-state index is 11.9. The van der Waals surface area contributed by atoms with Gasteiger partial charge in [0.05, 0.1) is 12.7 Å². The van der Waals surface area contributed by atoms with Crippen molar-refractivity contribution in [2.45, 2.75) is 46.1 Å². The number of aryl methyl sites for hydroxylation is 1. The van der Waals surface area contributed by atoms with E-state index in [0.29, 0.717) is 6.42 Å². The molecule has 1 aromatic carbocycles. The Kier molecular flexibility index (Phi) is 4.25. The van der Waals surface area contributed by atoms with Gasteiger partial charge in [-0.2, -0.15) is 0 Å². The number of carbonyl (C=O) groups excluding carboxylic acids is 1. The summed E-state index contributed by atoms with van der Waals surface area (Å²) in [5, 5.41) is 4.03. The molecule has 1 heterocycles. The maximum absolute atomic E-state index is 11.9. The van der Waals surface area contributed by atoms with Crippen molar-refractivity contribution in [1.82, 2.24) is 5.32 Å². The maximum Gasteiger partial charge on any atom is 0.224 e. The summed E-state index contributed by atoms with van der Waals surface area (Å²) in [6.45, 7) is 6.20. The van der Waals surface area contributed by atoms with Crippen LogP contribution in [0.2, 0.25) is 0 Å². The second-order valence-corrected chi connectivity index (χ2v) is 5.00. The van der Waals surface area contributed by atoms with Gasteiger partial charge < -0.3 is 9.73 Å². The average molecular weight is 259 g/mol. The lowest BCUT2D eigenvalue weighted by atomic mass is 10.1. The first kappa shape index (κ1) is 13.7. The minimum atomic E-state index is 0.0546. The van der Waals surface area contributed by atoms with Crippen LogP contribution in [0, 0.1) is 0 Å². The minimum Gasteiger partial charge on any atom is -0.464 e. The minimum absolute atomic E-state index is 0.0546. The summed E-state index contributed by atoms with van der Waals surface area (Å²) in [5.74, 6) is 0.0546. The van der Waals surface area contributed by atoms with Crippen molar-refractivity contribution in [3.05, 3.63) is 35.6 Å². The first-order valence-corrected chi connectivity index (χ1v) is 6.92. The van der Waals surface area contributed by atoms with Gasteiger partial charge in [0.1, 0.15) is 5.58 Å². The van der Waals surface area contributed by atoms with Crippen molar-refractivity contribution in [2.75, 3.05) is 0 Å². The second kappa shape index (κ2) is 5.91. The molecule has 0 aliphatic rings. The Morgan fingerprint density at radius 3 is 2.84 bits per heavy atom. The molecule has 1 atom stereocenters. The van der Waals surface area contributed by atoms with Gasteiger partial charge >= 0.3 is 0 Å². The zero-order chi connectivity index (χ0) is 13.8. The summed E-state index contributed by atoms with van der Waals surface area (Å²) in [7, 11) is 0. The van der Waals surface area contributed by atoms with E-state index in [1.165, 1.54) is 5.56 Å². The Morgan fingerprint density at radius 2 is 2.16 bits per heavy atom. The average Bonchev–Trinajstić information content (AvgIpc) is 2.80. The molecule has 1 aromatic heterocycles. The van der Waals surface area contributed by atoms with E-state index in [2.05, 4.69) is 31.3 Å². The fourth-order valence-electron chi connectivity index (χ4n) is 2.09. The van der Waals surface area contributed by atoms with Crippen molar-refractivity contribution >= 4 is 16.9 Å². The Morgan fingerprint density at radius 1 is 1.37 bits per heavy atom. The number of fused-ring (bicyclic) bond motifs is 1. The van der Waals surface area contributed by atoms with E-state index in [4.69, 9.17) is 4.42 Å². The van der Waals surface area contributed by atoms with Crippen LogP contribution in [0.3, 0.4) is 0 Å². The topological polar surface area (TPSA) is 42.2 Å². The SMILES string of the molecule is CCc1ccc2occ(CC(=O)N[C@H](C)CC)c2c1. The molecule has 0 saturated heterocycles. The highest BCUT2D eigenvalue weighted by Crippen LogP contribution is 2.23. The fraction of sp³-hybridized carbons (Fsp3) is 0.438. The molecule has 102 valence electrons. The molecule has 0 spiro atoms. The molecule has 3 nitrogen and oxygen atoms in total. The molecule has 1 N–H and O–H groups in total. The van der Waals surface area contributed by atoms with E-state index >= 15 is 0 Å². The smallest absolute Gasteiger partial charge is 0.224 e. The highest BCUT2D eigenvalue weighted by molar-refractivity contribution is 5.88. The standard InChI is InChI=1S/C16H21NO2/c1-4-11(3)17-16(18)9-13-10-19-15-7-6-12(5-2)8-14(13)15/h6-8,10-11H,4-5,9H2,1-3H3,(H,17,18)/t11-/m1/s1. The molecule has 0 bridgehead atoms. The molecule has 19 heavy (non-hydrogen) atoms. The summed E-state index contributed by atoms with van der Waals surface area (Å²) in [4.78, 5) is 11.9. The van der Waals surface area contributed by atoms with Gasteiger partial charge in [-0.1, -0.05) is 19.9 Å². The van der Waals surface area contributed by atoms with Gasteiger partial charge in [-0.05, 0) is 37.5 Å². The van der Waals surface area contributed by atoms with Crippen molar-refractivity contribution in [2.24, 2.45) is 0 Å². The summed E-state index contributed by atoms with van der Waals surface area (Å²) in [6, 6.07) is 6.38. The predicted molar refractivity (Wildman–Crippen MR) is 77.2 cm³/mol. The number of rotatable bonds is 5. The Labute approximate surface area is 114 Å². The molecular weight excluding hydrogens is 238 g/mol. The second-order valence-electron chi connectivity index (χ2n) is 5.00. The van der Waals surface area contributed by atoms with Crippen LogP contribution in [0.5, 0.6) is 0 Å². The molecule has 3 heteroatoms. The van der Waals surface area contributed by atoms with E-state index < -0.39 is 0 Å². The monoisotopic (exact) mass is 259 g/mol. The number of benzene rings is 1. The van der Waals surface area contributed by atoms with E-state index in [1.807, 2.05) is 13.0 Å². The first-order valence-electron chi connectivity index (χ1n) is 6.92. The first-order chi connectivity index (χ1) is 9.13. The van der Waals surface area contributed by atoms with E-state index in [-0.39, 0.29) is 11.9 Å². The number of nitrogens with one attached hydrogen (secondary N) is 1. The van der Waals surface area contributed by atoms with Gasteiger partial charge in [0.2, 0.25) is 5.91 Å². The van der Waals surface area contributed by atoms with Gasteiger partial charge in [-0.25, -0.2) is 0 Å². The molecule has 0 radical (unpaired) electrons. The van der Waals surface area contributed by atoms with Crippen LogP contribution in [0.25, 0.3) is 11.0 Å². The summed E-state index contributed by atoms with van der Waals surface area (Å²) in [6.07, 6.45) is 4.00. The van der Waals surface area contributed by atoms with Gasteiger partial charge in [-0.3, -0.25) is 4.79 Å². The van der Waals surface area contributed by atoms with Crippen LogP contribution < -0.4 is 5.32 Å². The van der Waals surface area contributed by atoms with Crippen molar-refractivity contribution < 1.29 is 9.21 Å². The third-order valence-electron chi connectivity index (χ3n) is 3.50. The Balaban J connectivity index is 2.18. The van der Waals surface area contributed by atoms with Gasteiger partial charge in [0.25, 0.3) is 0 Å². The highest BCUT2D eigenvalue weighted by Gasteiger charge is 2.12. The predicted octanol–water partition coefficient (Wildman–Crippen LogP) is 3.45. The quantitative estimate of drug-likeness (QED) is 0.893. The molecule has 0 unspecified atom stereocenters. The molecular formula is C16H21NO2. The van der Waals surface area contributed by atoms with Crippen LogP contribution in [-0.4, -0.2) is 11.9 Å². The lowest BCUT2D eigenvalue weighted by molar-refractivity contribution is -0.121. The summed E-state index contributed by atoms with van der Waals surface area (Å²) < 4.78 is 5.50. The van der Waals surface area contributed by atoms with Gasteiger partial charge in [0, 0.05) is 17.0 Å². The van der Waals surface area contributed by atoms with E-state index in [9.17, 15) is 4.79 Å². The molecule has 0 aliphatic heterocycles. The molecule has 0 aliphatic carbocycles. The van der Waals surface area contributed by atoms with Crippen LogP contribution in [0.4, 0.5) is 0 Å². The number of hydrogen-bond donors (Lipinski definition) is 1. The van der Waals surface area contributed by atoms with Crippen LogP contribution in [-0.2, 0) is 17.6 Å². The van der Waals surface area contributed by atoms with Crippen molar-refractivity contribution in [3.8, 4) is 0 Å². The molecule has 2 aromatic rings. The zero-order valence-electron chi connectivity index (χ0n) is 11.8. The van der Waals surface area contributed by atoms with Crippen LogP contribution >= 0.6 is 0 Å². The zero-order valence-corrected chi connectivity index (χ0v) is 11.8. The van der Waals surface area contributed by atoms with Gasteiger partial charge in [0.15, 0.2) is 0 Å². The number of furan rings is 1. The fourth-order valence-corrected chi connectivity index (χ4v) is 2.09.